The highest BCUT2D eigenvalue weighted by molar-refractivity contribution is 7.71. The number of nitrogens with zero attached hydrogens (tertiary/aromatic N) is 1. The Morgan fingerprint density at radius 2 is 1.96 bits per heavy atom. The van der Waals surface area contributed by atoms with E-state index in [1.807, 2.05) is 31.2 Å². The van der Waals surface area contributed by atoms with Gasteiger partial charge in [-0.15, -0.1) is 0 Å². The molecule has 2 aromatic carbocycles. The van der Waals surface area contributed by atoms with Gasteiger partial charge in [-0.2, -0.15) is 0 Å². The molecule has 2 N–H and O–H groups in total. The van der Waals surface area contributed by atoms with Gasteiger partial charge in [0.05, 0.1) is 10.9 Å². The minimum Gasteiger partial charge on any atom is -0.332 e. The maximum Gasteiger partial charge on any atom is 0.262 e. The molecule has 0 unspecified atom stereocenters. The molecule has 0 radical (unpaired) electrons. The fraction of sp³-hybridized carbons (Fsp3) is 0.167. The molecule has 0 aliphatic rings. The van der Waals surface area contributed by atoms with Gasteiger partial charge in [0.2, 0.25) is 5.91 Å². The van der Waals surface area contributed by atoms with Gasteiger partial charge in [-0.3, -0.25) is 14.2 Å². The Kier molecular flexibility index (Phi) is 5.01. The summed E-state index contributed by atoms with van der Waals surface area (Å²) in [4.78, 5) is 27.7. The molecule has 0 saturated carbocycles. The SMILES string of the molecule is Cc1ccc(NC(=O)CCn2c(=S)[nH]c3cc(Cl)ccc3c2=O)cc1. The number of anilines is 1. The number of amides is 1. The summed E-state index contributed by atoms with van der Waals surface area (Å²) in [5, 5.41) is 3.81. The molecule has 0 saturated heterocycles. The maximum atomic E-state index is 12.6. The Bertz CT molecular complexity index is 1050. The molecule has 5 nitrogen and oxygen atoms in total. The van der Waals surface area contributed by atoms with Crippen LogP contribution in [0.5, 0.6) is 0 Å². The van der Waals surface area contributed by atoms with Gasteiger partial charge in [-0.1, -0.05) is 29.3 Å². The van der Waals surface area contributed by atoms with Crippen molar-refractivity contribution in [1.29, 1.82) is 0 Å². The van der Waals surface area contributed by atoms with Gasteiger partial charge in [0.1, 0.15) is 0 Å². The van der Waals surface area contributed by atoms with Crippen LogP contribution in [-0.2, 0) is 11.3 Å². The quantitative estimate of drug-likeness (QED) is 0.678. The van der Waals surface area contributed by atoms with Gasteiger partial charge in [0.25, 0.3) is 5.56 Å². The van der Waals surface area contributed by atoms with E-state index in [2.05, 4.69) is 10.3 Å². The molecule has 25 heavy (non-hydrogen) atoms. The molecule has 0 atom stereocenters. The van der Waals surface area contributed by atoms with Crippen molar-refractivity contribution < 1.29 is 4.79 Å². The van der Waals surface area contributed by atoms with Crippen molar-refractivity contribution in [2.24, 2.45) is 0 Å². The van der Waals surface area contributed by atoms with Crippen LogP contribution in [0.3, 0.4) is 0 Å². The molecule has 1 aromatic heterocycles. The van der Waals surface area contributed by atoms with Crippen molar-refractivity contribution >= 4 is 46.3 Å². The Morgan fingerprint density at radius 1 is 1.24 bits per heavy atom. The van der Waals surface area contributed by atoms with Crippen molar-refractivity contribution in [3.63, 3.8) is 0 Å². The Morgan fingerprint density at radius 3 is 2.68 bits per heavy atom. The third-order valence-corrected chi connectivity index (χ3v) is 4.40. The average Bonchev–Trinajstić information content (AvgIpc) is 2.56. The van der Waals surface area contributed by atoms with E-state index in [1.54, 1.807) is 18.2 Å². The number of rotatable bonds is 4. The first kappa shape index (κ1) is 17.4. The monoisotopic (exact) mass is 373 g/mol. The number of hydrogen-bond donors (Lipinski definition) is 2. The third-order valence-electron chi connectivity index (χ3n) is 3.84. The summed E-state index contributed by atoms with van der Waals surface area (Å²) in [6, 6.07) is 12.5. The van der Waals surface area contributed by atoms with Crippen molar-refractivity contribution in [3.8, 4) is 0 Å². The number of halogens is 1. The summed E-state index contributed by atoms with van der Waals surface area (Å²) in [7, 11) is 0. The normalized spacial score (nSPS) is 10.8. The van der Waals surface area contributed by atoms with Crippen LogP contribution < -0.4 is 10.9 Å². The van der Waals surface area contributed by atoms with Gasteiger partial charge in [0, 0.05) is 23.7 Å². The molecule has 3 aromatic rings. The zero-order valence-corrected chi connectivity index (χ0v) is 15.1. The van der Waals surface area contributed by atoms with Crippen LogP contribution in [0, 0.1) is 11.7 Å². The van der Waals surface area contributed by atoms with Crippen molar-refractivity contribution in [1.82, 2.24) is 9.55 Å². The highest BCUT2D eigenvalue weighted by atomic mass is 35.5. The summed E-state index contributed by atoms with van der Waals surface area (Å²) in [6.45, 7) is 2.18. The van der Waals surface area contributed by atoms with Gasteiger partial charge in [0.15, 0.2) is 4.77 Å². The largest absolute Gasteiger partial charge is 0.332 e. The maximum absolute atomic E-state index is 12.6. The summed E-state index contributed by atoms with van der Waals surface area (Å²) < 4.78 is 1.66. The van der Waals surface area contributed by atoms with Crippen LogP contribution in [0.4, 0.5) is 5.69 Å². The Hall–Kier alpha value is -2.44. The van der Waals surface area contributed by atoms with Gasteiger partial charge < -0.3 is 10.3 Å². The van der Waals surface area contributed by atoms with Crippen LogP contribution in [0.15, 0.2) is 47.3 Å². The van der Waals surface area contributed by atoms with E-state index in [0.29, 0.717) is 15.9 Å². The predicted molar refractivity (Wildman–Crippen MR) is 103 cm³/mol. The minimum absolute atomic E-state index is 0.143. The molecule has 1 amide bonds. The number of H-pyrrole nitrogens is 1. The number of aryl methyl sites for hydroxylation is 1. The zero-order chi connectivity index (χ0) is 18.0. The highest BCUT2D eigenvalue weighted by Crippen LogP contribution is 2.15. The molecule has 128 valence electrons. The molecule has 0 aliphatic heterocycles. The van der Waals surface area contributed by atoms with Crippen molar-refractivity contribution in [2.45, 2.75) is 19.9 Å². The lowest BCUT2D eigenvalue weighted by Gasteiger charge is -2.09. The van der Waals surface area contributed by atoms with E-state index in [0.717, 1.165) is 11.3 Å². The fourth-order valence-electron chi connectivity index (χ4n) is 2.50. The number of carbonyl (C=O) groups is 1. The van der Waals surface area contributed by atoms with Gasteiger partial charge >= 0.3 is 0 Å². The van der Waals surface area contributed by atoms with Crippen LogP contribution >= 0.6 is 23.8 Å². The van der Waals surface area contributed by atoms with E-state index in [-0.39, 0.29) is 29.2 Å². The smallest absolute Gasteiger partial charge is 0.262 e. The Balaban J connectivity index is 1.78. The van der Waals surface area contributed by atoms with Crippen molar-refractivity contribution in [2.75, 3.05) is 5.32 Å². The number of aromatic amines is 1. The van der Waals surface area contributed by atoms with E-state index in [9.17, 15) is 9.59 Å². The van der Waals surface area contributed by atoms with E-state index in [1.165, 1.54) is 4.57 Å². The third kappa shape index (κ3) is 3.97. The molecule has 0 fully saturated rings. The van der Waals surface area contributed by atoms with E-state index >= 15 is 0 Å². The fourth-order valence-corrected chi connectivity index (χ4v) is 2.96. The molecule has 1 heterocycles. The zero-order valence-electron chi connectivity index (χ0n) is 13.5. The molecular formula is C18H16ClN3O2S. The number of benzene rings is 2. The second-order valence-corrected chi connectivity index (χ2v) is 6.56. The first-order valence-corrected chi connectivity index (χ1v) is 8.51. The van der Waals surface area contributed by atoms with Crippen LogP contribution in [0.2, 0.25) is 5.02 Å². The second-order valence-electron chi connectivity index (χ2n) is 5.74. The number of hydrogen-bond acceptors (Lipinski definition) is 3. The second kappa shape index (κ2) is 7.21. The topological polar surface area (TPSA) is 66.9 Å². The first-order valence-electron chi connectivity index (χ1n) is 7.73. The molecule has 0 spiro atoms. The summed E-state index contributed by atoms with van der Waals surface area (Å²) in [5.74, 6) is -0.179. The molecule has 0 aliphatic carbocycles. The lowest BCUT2D eigenvalue weighted by Crippen LogP contribution is -2.25. The van der Waals surface area contributed by atoms with Gasteiger partial charge in [-0.25, -0.2) is 0 Å². The number of nitrogens with one attached hydrogen (secondary N) is 2. The van der Waals surface area contributed by atoms with E-state index in [4.69, 9.17) is 23.8 Å². The molecule has 7 heteroatoms. The van der Waals surface area contributed by atoms with Gasteiger partial charge in [-0.05, 0) is 49.5 Å². The Labute approximate surface area is 154 Å². The number of aromatic nitrogens is 2. The van der Waals surface area contributed by atoms with E-state index < -0.39 is 0 Å². The summed E-state index contributed by atoms with van der Waals surface area (Å²) >= 11 is 11.2. The molecule has 0 bridgehead atoms. The first-order chi connectivity index (χ1) is 11.9. The van der Waals surface area contributed by atoms with Crippen LogP contribution in [0.25, 0.3) is 10.9 Å². The highest BCUT2D eigenvalue weighted by Gasteiger charge is 2.09. The lowest BCUT2D eigenvalue weighted by molar-refractivity contribution is -0.116. The molecular weight excluding hydrogens is 358 g/mol. The number of carbonyl (C=O) groups excluding carboxylic acids is 1. The lowest BCUT2D eigenvalue weighted by atomic mass is 10.2. The summed E-state index contributed by atoms with van der Waals surface area (Å²) in [6.07, 6.45) is 0.143. The minimum atomic E-state index is -0.237. The standard InChI is InChI=1S/C18H16ClN3O2S/c1-11-2-5-13(6-3-11)20-16(23)8-9-22-17(24)14-7-4-12(19)10-15(14)21-18(22)25/h2-7,10H,8-9H2,1H3,(H,20,23)(H,21,25). The molecule has 3 rings (SSSR count). The van der Waals surface area contributed by atoms with Crippen LogP contribution in [0.1, 0.15) is 12.0 Å². The number of fused-ring (bicyclic) bond motifs is 1. The predicted octanol–water partition coefficient (Wildman–Crippen LogP) is 4.05. The van der Waals surface area contributed by atoms with Crippen LogP contribution in [-0.4, -0.2) is 15.5 Å². The van der Waals surface area contributed by atoms with Crippen molar-refractivity contribution in [3.05, 3.63) is 68.2 Å². The average molecular weight is 374 g/mol. The summed E-state index contributed by atoms with van der Waals surface area (Å²) in [5.41, 5.74) is 2.19.